The quantitative estimate of drug-likeness (QED) is 0.758. The number of benzene rings is 1. The monoisotopic (exact) mass is 349 g/mol. The van der Waals surface area contributed by atoms with Crippen molar-refractivity contribution in [1.82, 2.24) is 25.4 Å². The van der Waals surface area contributed by atoms with E-state index in [1.807, 2.05) is 24.3 Å². The van der Waals surface area contributed by atoms with Crippen molar-refractivity contribution in [2.24, 2.45) is 0 Å². The van der Waals surface area contributed by atoms with E-state index in [9.17, 15) is 0 Å². The van der Waals surface area contributed by atoms with Gasteiger partial charge < -0.3 is 14.6 Å². The van der Waals surface area contributed by atoms with Crippen molar-refractivity contribution in [2.75, 3.05) is 0 Å². The van der Waals surface area contributed by atoms with Crippen LogP contribution in [0, 0.1) is 0 Å². The maximum atomic E-state index is 5.60. The van der Waals surface area contributed by atoms with Gasteiger partial charge in [0.2, 0.25) is 5.89 Å². The highest BCUT2D eigenvalue weighted by Gasteiger charge is 2.42. The third-order valence-electron chi connectivity index (χ3n) is 5.14. The van der Waals surface area contributed by atoms with E-state index in [4.69, 9.17) is 9.26 Å². The van der Waals surface area contributed by atoms with Crippen molar-refractivity contribution in [3.8, 4) is 11.8 Å². The van der Waals surface area contributed by atoms with Gasteiger partial charge in [-0.3, -0.25) is 0 Å². The van der Waals surface area contributed by atoms with Crippen molar-refractivity contribution < 1.29 is 9.26 Å². The molecule has 2 aromatic heterocycles. The summed E-state index contributed by atoms with van der Waals surface area (Å²) in [5, 5.41) is 7.77. The fourth-order valence-corrected chi connectivity index (χ4v) is 3.89. The van der Waals surface area contributed by atoms with Crippen LogP contribution in [0.3, 0.4) is 0 Å². The van der Waals surface area contributed by atoms with E-state index in [1.54, 1.807) is 18.5 Å². The highest BCUT2D eigenvalue weighted by atomic mass is 16.5. The molecule has 0 amide bonds. The van der Waals surface area contributed by atoms with Crippen molar-refractivity contribution in [3.63, 3.8) is 0 Å². The van der Waals surface area contributed by atoms with E-state index < -0.39 is 0 Å². The predicted molar refractivity (Wildman–Crippen MR) is 93.0 cm³/mol. The summed E-state index contributed by atoms with van der Waals surface area (Å²) in [6.07, 6.45) is 7.52. The lowest BCUT2D eigenvalue weighted by Gasteiger charge is -2.15. The van der Waals surface area contributed by atoms with Crippen LogP contribution in [-0.4, -0.2) is 32.2 Å². The molecule has 0 aliphatic carbocycles. The van der Waals surface area contributed by atoms with Gasteiger partial charge in [-0.25, -0.2) is 9.97 Å². The van der Waals surface area contributed by atoms with E-state index in [1.165, 1.54) is 12.8 Å². The number of fused-ring (bicyclic) bond motifs is 2. The number of ether oxygens (including phenoxy) is 1. The van der Waals surface area contributed by atoms with Gasteiger partial charge in [0.25, 0.3) is 0 Å². The van der Waals surface area contributed by atoms with Crippen LogP contribution in [0.1, 0.15) is 42.5 Å². The average Bonchev–Trinajstić information content (AvgIpc) is 3.41. The van der Waals surface area contributed by atoms with E-state index in [0.29, 0.717) is 36.2 Å². The molecule has 0 radical (unpaired) electrons. The minimum Gasteiger partial charge on any atom is -0.424 e. The van der Waals surface area contributed by atoms with Gasteiger partial charge in [0.15, 0.2) is 5.82 Å². The smallest absolute Gasteiger partial charge is 0.321 e. The zero-order valence-corrected chi connectivity index (χ0v) is 14.2. The minimum atomic E-state index is 0.336. The predicted octanol–water partition coefficient (Wildman–Crippen LogP) is 2.85. The molecule has 1 N–H and O–H groups in total. The normalized spacial score (nSPS) is 24.1. The van der Waals surface area contributed by atoms with Gasteiger partial charge in [-0.15, -0.1) is 0 Å². The highest BCUT2D eigenvalue weighted by molar-refractivity contribution is 5.30. The molecule has 3 unspecified atom stereocenters. The fraction of sp³-hybridized carbons (Fsp3) is 0.368. The molecule has 2 fully saturated rings. The van der Waals surface area contributed by atoms with Crippen LogP contribution in [-0.2, 0) is 6.42 Å². The van der Waals surface area contributed by atoms with Crippen LogP contribution in [0.15, 0.2) is 47.2 Å². The van der Waals surface area contributed by atoms with E-state index in [2.05, 4.69) is 25.4 Å². The summed E-state index contributed by atoms with van der Waals surface area (Å²) in [6, 6.07) is 11.0. The van der Waals surface area contributed by atoms with Gasteiger partial charge in [0.1, 0.15) is 5.75 Å². The molecule has 2 aliphatic rings. The zero-order valence-electron chi connectivity index (χ0n) is 14.2. The van der Waals surface area contributed by atoms with Crippen molar-refractivity contribution >= 4 is 0 Å². The fourth-order valence-electron chi connectivity index (χ4n) is 3.89. The van der Waals surface area contributed by atoms with E-state index >= 15 is 0 Å². The number of nitrogens with zero attached hydrogens (tertiary/aromatic N) is 4. The third kappa shape index (κ3) is 3.06. The molecule has 2 aliphatic heterocycles. The Kier molecular flexibility index (Phi) is 3.86. The Hall–Kier alpha value is -2.80. The Morgan fingerprint density at radius 3 is 2.69 bits per heavy atom. The average molecular weight is 349 g/mol. The summed E-state index contributed by atoms with van der Waals surface area (Å²) in [5.41, 5.74) is 1.10. The largest absolute Gasteiger partial charge is 0.424 e. The van der Waals surface area contributed by atoms with Crippen LogP contribution in [0.25, 0.3) is 0 Å². The molecule has 0 spiro atoms. The van der Waals surface area contributed by atoms with E-state index in [-0.39, 0.29) is 0 Å². The molecular weight excluding hydrogens is 330 g/mol. The molecule has 2 bridgehead atoms. The van der Waals surface area contributed by atoms with Gasteiger partial charge >= 0.3 is 6.01 Å². The maximum Gasteiger partial charge on any atom is 0.321 e. The first-order valence-electron chi connectivity index (χ1n) is 8.96. The van der Waals surface area contributed by atoms with Crippen LogP contribution in [0.4, 0.5) is 0 Å². The van der Waals surface area contributed by atoms with Gasteiger partial charge in [-0.05, 0) is 43.0 Å². The SMILES string of the molecule is c1cnc(Oc2ccc(Cc3noc(C4CC5CCC4N5)n3)cc2)nc1. The number of hydrogen-bond donors (Lipinski definition) is 1. The number of hydrogen-bond acceptors (Lipinski definition) is 7. The van der Waals surface area contributed by atoms with Crippen LogP contribution in [0.5, 0.6) is 11.8 Å². The Balaban J connectivity index is 1.24. The molecule has 3 atom stereocenters. The highest BCUT2D eigenvalue weighted by Crippen LogP contribution is 2.39. The molecule has 2 saturated heterocycles. The molecule has 26 heavy (non-hydrogen) atoms. The third-order valence-corrected chi connectivity index (χ3v) is 5.14. The molecule has 5 rings (SSSR count). The summed E-state index contributed by atoms with van der Waals surface area (Å²) >= 11 is 0. The lowest BCUT2D eigenvalue weighted by molar-refractivity contribution is 0.327. The maximum absolute atomic E-state index is 5.60. The molecule has 132 valence electrons. The molecule has 7 heteroatoms. The van der Waals surface area contributed by atoms with Gasteiger partial charge in [0, 0.05) is 30.9 Å². The number of rotatable bonds is 5. The Morgan fingerprint density at radius 1 is 1.12 bits per heavy atom. The van der Waals surface area contributed by atoms with Crippen molar-refractivity contribution in [1.29, 1.82) is 0 Å². The summed E-state index contributed by atoms with van der Waals surface area (Å²) in [7, 11) is 0. The second kappa shape index (κ2) is 6.49. The number of nitrogens with one attached hydrogen (secondary N) is 1. The lowest BCUT2D eigenvalue weighted by Crippen LogP contribution is -2.21. The minimum absolute atomic E-state index is 0.336. The molecule has 3 aromatic rings. The van der Waals surface area contributed by atoms with Crippen LogP contribution in [0.2, 0.25) is 0 Å². The first-order valence-corrected chi connectivity index (χ1v) is 8.96. The number of aromatic nitrogens is 4. The first-order chi connectivity index (χ1) is 12.8. The summed E-state index contributed by atoms with van der Waals surface area (Å²) in [5.74, 6) is 2.57. The molecular formula is C19H19N5O2. The Labute approximate surface area is 150 Å². The second-order valence-electron chi connectivity index (χ2n) is 6.89. The van der Waals surface area contributed by atoms with Crippen LogP contribution < -0.4 is 10.1 Å². The zero-order chi connectivity index (χ0) is 17.3. The Morgan fingerprint density at radius 2 is 1.96 bits per heavy atom. The summed E-state index contributed by atoms with van der Waals surface area (Å²) < 4.78 is 11.1. The topological polar surface area (TPSA) is 86.0 Å². The van der Waals surface area contributed by atoms with Crippen molar-refractivity contribution in [2.45, 2.75) is 43.7 Å². The molecule has 4 heterocycles. The lowest BCUT2D eigenvalue weighted by atomic mass is 9.89. The van der Waals surface area contributed by atoms with Gasteiger partial charge in [-0.2, -0.15) is 4.98 Å². The Bertz CT molecular complexity index is 880. The molecule has 0 saturated carbocycles. The summed E-state index contributed by atoms with van der Waals surface area (Å²) in [6.45, 7) is 0. The van der Waals surface area contributed by atoms with E-state index in [0.717, 1.165) is 23.7 Å². The van der Waals surface area contributed by atoms with Gasteiger partial charge in [-0.1, -0.05) is 17.3 Å². The second-order valence-corrected chi connectivity index (χ2v) is 6.89. The standard InChI is InChI=1S/C19H19N5O2/c1-8-20-19(21-9-1)25-14-5-2-12(3-6-14)10-17-23-18(26-24-17)15-11-13-4-7-16(15)22-13/h1-3,5-6,8-9,13,15-16,22H,4,7,10-11H2. The first kappa shape index (κ1) is 15.5. The summed E-state index contributed by atoms with van der Waals surface area (Å²) in [4.78, 5) is 12.7. The van der Waals surface area contributed by atoms with Crippen molar-refractivity contribution in [3.05, 3.63) is 60.0 Å². The molecule has 1 aromatic carbocycles. The van der Waals surface area contributed by atoms with Crippen LogP contribution >= 0.6 is 0 Å². The van der Waals surface area contributed by atoms with Gasteiger partial charge in [0.05, 0.1) is 5.92 Å². The molecule has 7 nitrogen and oxygen atoms in total.